The molecule has 0 aliphatic carbocycles. The molecule has 110 valence electrons. The number of hydrogen-bond acceptors (Lipinski definition) is 5. The minimum Gasteiger partial charge on any atom is -0.493 e. The molecule has 0 saturated carbocycles. The smallest absolute Gasteiger partial charge is 0.342 e. The molecule has 0 bridgehead atoms. The van der Waals surface area contributed by atoms with Crippen LogP contribution in [0.4, 0.5) is 4.39 Å². The zero-order valence-electron chi connectivity index (χ0n) is 10.0. The second-order valence-corrected chi connectivity index (χ2v) is 6.57. The van der Waals surface area contributed by atoms with Crippen LogP contribution in [0.2, 0.25) is 0 Å². The van der Waals surface area contributed by atoms with Gasteiger partial charge in [-0.25, -0.2) is 9.18 Å². The number of furan rings is 1. The summed E-state index contributed by atoms with van der Waals surface area (Å²) in [5.74, 6) is -1.36. The molecular weight excluding hydrogens is 371 g/mol. The minimum absolute atomic E-state index is 0.00964. The molecule has 3 rings (SSSR count). The number of halogens is 2. The second-order valence-electron chi connectivity index (χ2n) is 4.07. The normalized spacial score (nSPS) is 12.1. The summed E-state index contributed by atoms with van der Waals surface area (Å²) in [5.41, 5.74) is -1.32. The Morgan fingerprint density at radius 2 is 2.10 bits per heavy atom. The highest BCUT2D eigenvalue weighted by molar-refractivity contribution is 9.10. The third-order valence-corrected chi connectivity index (χ3v) is 5.34. The molecule has 10 heteroatoms. The molecule has 3 aromatic rings. The number of hydrogen-bond donors (Lipinski definition) is 2. The van der Waals surface area contributed by atoms with Gasteiger partial charge in [0.05, 0.1) is 10.7 Å². The Labute approximate surface area is 124 Å². The molecule has 7 nitrogen and oxygen atoms in total. The van der Waals surface area contributed by atoms with E-state index < -0.39 is 32.5 Å². The van der Waals surface area contributed by atoms with Crippen molar-refractivity contribution < 1.29 is 22.3 Å². The van der Waals surface area contributed by atoms with Crippen molar-refractivity contribution in [2.45, 2.75) is 5.09 Å². The summed E-state index contributed by atoms with van der Waals surface area (Å²) in [6, 6.07) is 3.97. The van der Waals surface area contributed by atoms with E-state index in [1.807, 2.05) is 4.98 Å². The van der Waals surface area contributed by atoms with E-state index >= 15 is 0 Å². The zero-order valence-corrected chi connectivity index (χ0v) is 12.4. The molecule has 2 N–H and O–H groups in total. The van der Waals surface area contributed by atoms with Crippen LogP contribution in [-0.2, 0) is 10.0 Å². The van der Waals surface area contributed by atoms with Crippen molar-refractivity contribution in [3.8, 4) is 5.88 Å². The number of aromatic nitrogens is 2. The van der Waals surface area contributed by atoms with Crippen LogP contribution in [0.15, 0.2) is 43.2 Å². The molecule has 0 aliphatic rings. The highest BCUT2D eigenvalue weighted by Gasteiger charge is 2.29. The topological polar surface area (TPSA) is 105 Å². The maximum Gasteiger partial charge on any atom is 0.342 e. The number of H-pyrrole nitrogens is 1. The van der Waals surface area contributed by atoms with Crippen LogP contribution >= 0.6 is 15.9 Å². The fraction of sp³-hybridized carbons (Fsp3) is 0. The van der Waals surface area contributed by atoms with Gasteiger partial charge in [-0.3, -0.25) is 4.98 Å². The number of aromatic hydroxyl groups is 1. The highest BCUT2D eigenvalue weighted by atomic mass is 79.9. The molecule has 0 spiro atoms. The van der Waals surface area contributed by atoms with Crippen molar-refractivity contribution in [1.29, 1.82) is 0 Å². The van der Waals surface area contributed by atoms with E-state index in [9.17, 15) is 17.6 Å². The third kappa shape index (κ3) is 1.98. The molecule has 0 atom stereocenters. The molecule has 1 aromatic carbocycles. The lowest BCUT2D eigenvalue weighted by molar-refractivity contribution is 0.454. The van der Waals surface area contributed by atoms with E-state index in [1.165, 1.54) is 12.1 Å². The van der Waals surface area contributed by atoms with Crippen molar-refractivity contribution in [1.82, 2.24) is 8.96 Å². The van der Waals surface area contributed by atoms with Gasteiger partial charge in [0, 0.05) is 5.39 Å². The van der Waals surface area contributed by atoms with Gasteiger partial charge in [-0.05, 0) is 28.1 Å². The number of aromatic amines is 1. The molecule has 0 radical (unpaired) electrons. The molecule has 2 aromatic heterocycles. The quantitative estimate of drug-likeness (QED) is 0.708. The van der Waals surface area contributed by atoms with Crippen molar-refractivity contribution >= 4 is 36.9 Å². The summed E-state index contributed by atoms with van der Waals surface area (Å²) in [6.45, 7) is 0. The Balaban J connectivity index is 2.34. The van der Waals surface area contributed by atoms with Gasteiger partial charge in [0.1, 0.15) is 0 Å². The molecule has 0 amide bonds. The number of nitrogens with zero attached hydrogens (tertiary/aromatic N) is 1. The molecule has 0 unspecified atom stereocenters. The third-order valence-electron chi connectivity index (χ3n) is 2.75. The van der Waals surface area contributed by atoms with Crippen LogP contribution < -0.4 is 5.69 Å². The summed E-state index contributed by atoms with van der Waals surface area (Å²) in [7, 11) is -4.43. The predicted molar refractivity (Wildman–Crippen MR) is 73.2 cm³/mol. The number of rotatable bonds is 2. The van der Waals surface area contributed by atoms with Crippen LogP contribution in [0.5, 0.6) is 5.88 Å². The molecular formula is C11H6BrFN2O5S. The second kappa shape index (κ2) is 4.46. The maximum absolute atomic E-state index is 13.6. The largest absolute Gasteiger partial charge is 0.493 e. The van der Waals surface area contributed by atoms with Crippen LogP contribution in [0.1, 0.15) is 0 Å². The minimum atomic E-state index is -4.43. The first-order valence-corrected chi connectivity index (χ1v) is 7.68. The number of fused-ring (bicyclic) bond motifs is 1. The standard InChI is InChI=1S/C11H6BrFN2O5S/c12-8-5-2-1-3-6(13)9(5)20-10(8)21(18,19)15-4-7(16)14-11(15)17/h1-4,16H,(H,14,17). The SMILES string of the molecule is O=c1[nH]c(O)cn1S(=O)(=O)c1oc2c(F)cccc2c1Br. The van der Waals surface area contributed by atoms with Gasteiger partial charge in [0.2, 0.25) is 5.88 Å². The monoisotopic (exact) mass is 376 g/mol. The van der Waals surface area contributed by atoms with Gasteiger partial charge >= 0.3 is 15.7 Å². The van der Waals surface area contributed by atoms with Crippen LogP contribution in [0.3, 0.4) is 0 Å². The Bertz CT molecular complexity index is 1020. The Kier molecular flexibility index (Phi) is 2.95. The van der Waals surface area contributed by atoms with Crippen molar-refractivity contribution in [2.75, 3.05) is 0 Å². The van der Waals surface area contributed by atoms with Gasteiger partial charge in [0.15, 0.2) is 11.4 Å². The lowest BCUT2D eigenvalue weighted by Crippen LogP contribution is -2.24. The van der Waals surface area contributed by atoms with Gasteiger partial charge in [-0.2, -0.15) is 12.4 Å². The predicted octanol–water partition coefficient (Wildman–Crippen LogP) is 1.77. The molecule has 0 aliphatic heterocycles. The first-order valence-electron chi connectivity index (χ1n) is 5.45. The fourth-order valence-electron chi connectivity index (χ4n) is 1.83. The first kappa shape index (κ1) is 13.9. The summed E-state index contributed by atoms with van der Waals surface area (Å²) in [5, 5.41) is 8.73. The fourth-order valence-corrected chi connectivity index (χ4v) is 4.05. The Morgan fingerprint density at radius 1 is 1.38 bits per heavy atom. The zero-order chi connectivity index (χ0) is 15.4. The number of para-hydroxylation sites is 1. The lowest BCUT2D eigenvalue weighted by Gasteiger charge is -2.00. The summed E-state index contributed by atoms with van der Waals surface area (Å²) in [4.78, 5) is 13.4. The van der Waals surface area contributed by atoms with E-state index in [1.54, 1.807) is 0 Å². The van der Waals surface area contributed by atoms with Crippen molar-refractivity contribution in [3.05, 3.63) is 45.2 Å². The van der Waals surface area contributed by atoms with E-state index in [4.69, 9.17) is 9.52 Å². The Morgan fingerprint density at radius 3 is 2.67 bits per heavy atom. The van der Waals surface area contributed by atoms with Gasteiger partial charge in [0.25, 0.3) is 5.09 Å². The number of nitrogens with one attached hydrogen (secondary N) is 1. The number of benzene rings is 1. The summed E-state index contributed by atoms with van der Waals surface area (Å²) < 4.78 is 43.6. The molecule has 21 heavy (non-hydrogen) atoms. The number of imidazole rings is 1. The van der Waals surface area contributed by atoms with Crippen molar-refractivity contribution in [2.24, 2.45) is 0 Å². The lowest BCUT2D eigenvalue weighted by atomic mass is 10.2. The maximum atomic E-state index is 13.6. The van der Waals surface area contributed by atoms with Crippen molar-refractivity contribution in [3.63, 3.8) is 0 Å². The molecule has 0 fully saturated rings. The van der Waals surface area contributed by atoms with Crippen LogP contribution in [-0.4, -0.2) is 22.5 Å². The van der Waals surface area contributed by atoms with Crippen LogP contribution in [0.25, 0.3) is 11.0 Å². The van der Waals surface area contributed by atoms with Gasteiger partial charge in [-0.15, -0.1) is 0 Å². The van der Waals surface area contributed by atoms with E-state index in [0.29, 0.717) is 6.20 Å². The average Bonchev–Trinajstić information content (AvgIpc) is 2.92. The highest BCUT2D eigenvalue weighted by Crippen LogP contribution is 2.35. The summed E-state index contributed by atoms with van der Waals surface area (Å²) >= 11 is 3.02. The van der Waals surface area contributed by atoms with E-state index in [0.717, 1.165) is 6.07 Å². The summed E-state index contributed by atoms with van der Waals surface area (Å²) in [6.07, 6.45) is 0.688. The first-order chi connectivity index (χ1) is 9.82. The van der Waals surface area contributed by atoms with Crippen LogP contribution in [0, 0.1) is 5.82 Å². The molecule has 0 saturated heterocycles. The van der Waals surface area contributed by atoms with E-state index in [-0.39, 0.29) is 19.4 Å². The Hall–Kier alpha value is -2.07. The van der Waals surface area contributed by atoms with Gasteiger partial charge < -0.3 is 9.52 Å². The average molecular weight is 377 g/mol. The molecule has 2 heterocycles. The van der Waals surface area contributed by atoms with Gasteiger partial charge in [-0.1, -0.05) is 6.07 Å². The van der Waals surface area contributed by atoms with E-state index in [2.05, 4.69) is 15.9 Å².